The van der Waals surface area contributed by atoms with Gasteiger partial charge < -0.3 is 19.7 Å². The number of ether oxygens (including phenoxy) is 2. The summed E-state index contributed by atoms with van der Waals surface area (Å²) in [4.78, 5) is 18.7. The van der Waals surface area contributed by atoms with Gasteiger partial charge in [-0.05, 0) is 31.2 Å². The lowest BCUT2D eigenvalue weighted by atomic mass is 10.3. The normalized spacial score (nSPS) is 15.5. The molecule has 0 bridgehead atoms. The van der Waals surface area contributed by atoms with Crippen molar-refractivity contribution in [2.24, 2.45) is 0 Å². The molecule has 2 aromatic rings. The zero-order valence-electron chi connectivity index (χ0n) is 13.9. The van der Waals surface area contributed by atoms with Gasteiger partial charge in [0.1, 0.15) is 17.4 Å². The molecule has 1 N–H and O–H groups in total. The first kappa shape index (κ1) is 17.2. The van der Waals surface area contributed by atoms with E-state index in [1.54, 1.807) is 25.3 Å². The Morgan fingerprint density at radius 2 is 2.12 bits per heavy atom. The van der Waals surface area contributed by atoms with Crippen LogP contribution in [0.15, 0.2) is 42.6 Å². The minimum absolute atomic E-state index is 0.309. The SMILES string of the molecule is C[C@H](Oc1cccc(F)c1)C(=O)Nc1ccc(N2CCOCC2)nc1. The lowest BCUT2D eigenvalue weighted by Crippen LogP contribution is -2.36. The van der Waals surface area contributed by atoms with Crippen molar-refractivity contribution in [2.45, 2.75) is 13.0 Å². The third-order valence-electron chi connectivity index (χ3n) is 3.83. The molecule has 132 valence electrons. The summed E-state index contributed by atoms with van der Waals surface area (Å²) >= 11 is 0. The molecule has 1 aromatic carbocycles. The number of benzene rings is 1. The van der Waals surface area contributed by atoms with E-state index in [1.807, 2.05) is 6.07 Å². The predicted octanol–water partition coefficient (Wildman–Crippen LogP) is 2.46. The lowest BCUT2D eigenvalue weighted by molar-refractivity contribution is -0.122. The third-order valence-corrected chi connectivity index (χ3v) is 3.83. The first-order valence-corrected chi connectivity index (χ1v) is 8.13. The topological polar surface area (TPSA) is 63.7 Å². The molecule has 1 amide bonds. The van der Waals surface area contributed by atoms with Crippen molar-refractivity contribution in [3.63, 3.8) is 0 Å². The van der Waals surface area contributed by atoms with Gasteiger partial charge in [0.25, 0.3) is 5.91 Å². The molecular formula is C18H20FN3O3. The molecule has 1 fully saturated rings. The molecule has 0 aliphatic carbocycles. The Bertz CT molecular complexity index is 718. The van der Waals surface area contributed by atoms with E-state index in [9.17, 15) is 9.18 Å². The number of hydrogen-bond acceptors (Lipinski definition) is 5. The van der Waals surface area contributed by atoms with E-state index in [0.717, 1.165) is 18.9 Å². The van der Waals surface area contributed by atoms with Gasteiger partial charge in [-0.2, -0.15) is 0 Å². The average Bonchev–Trinajstić information content (AvgIpc) is 2.63. The van der Waals surface area contributed by atoms with Gasteiger partial charge >= 0.3 is 0 Å². The molecule has 1 saturated heterocycles. The van der Waals surface area contributed by atoms with Gasteiger partial charge in [0.15, 0.2) is 6.10 Å². The molecule has 2 heterocycles. The molecule has 1 atom stereocenters. The number of pyridine rings is 1. The van der Waals surface area contributed by atoms with Crippen molar-refractivity contribution in [1.29, 1.82) is 0 Å². The maximum absolute atomic E-state index is 13.2. The van der Waals surface area contributed by atoms with Crippen LogP contribution in [0.3, 0.4) is 0 Å². The molecule has 0 unspecified atom stereocenters. The van der Waals surface area contributed by atoms with Crippen LogP contribution < -0.4 is 15.0 Å². The second-order valence-corrected chi connectivity index (χ2v) is 5.71. The number of nitrogens with zero attached hydrogens (tertiary/aromatic N) is 2. The van der Waals surface area contributed by atoms with E-state index in [2.05, 4.69) is 15.2 Å². The van der Waals surface area contributed by atoms with Gasteiger partial charge in [0, 0.05) is 19.2 Å². The van der Waals surface area contributed by atoms with Crippen molar-refractivity contribution in [3.05, 3.63) is 48.4 Å². The van der Waals surface area contributed by atoms with Crippen LogP contribution in [-0.4, -0.2) is 43.3 Å². The van der Waals surface area contributed by atoms with Gasteiger partial charge in [-0.15, -0.1) is 0 Å². The minimum atomic E-state index is -0.763. The molecule has 1 aromatic heterocycles. The second kappa shape index (κ2) is 7.94. The summed E-state index contributed by atoms with van der Waals surface area (Å²) in [5, 5.41) is 2.74. The summed E-state index contributed by atoms with van der Waals surface area (Å²) in [5.41, 5.74) is 0.580. The van der Waals surface area contributed by atoms with E-state index < -0.39 is 11.9 Å². The molecule has 0 saturated carbocycles. The Morgan fingerprint density at radius 3 is 2.80 bits per heavy atom. The number of morpholine rings is 1. The molecule has 1 aliphatic rings. The summed E-state index contributed by atoms with van der Waals surface area (Å²) in [5.74, 6) is 0.423. The van der Waals surface area contributed by atoms with Crippen LogP contribution in [0.25, 0.3) is 0 Å². The van der Waals surface area contributed by atoms with Crippen molar-refractivity contribution in [2.75, 3.05) is 36.5 Å². The summed E-state index contributed by atoms with van der Waals surface area (Å²) in [6.07, 6.45) is 0.846. The molecular weight excluding hydrogens is 325 g/mol. The quantitative estimate of drug-likeness (QED) is 0.902. The van der Waals surface area contributed by atoms with E-state index >= 15 is 0 Å². The fourth-order valence-electron chi connectivity index (χ4n) is 2.48. The third kappa shape index (κ3) is 4.67. The number of hydrogen-bond donors (Lipinski definition) is 1. The maximum atomic E-state index is 13.2. The number of aromatic nitrogens is 1. The van der Waals surface area contributed by atoms with Crippen LogP contribution in [0.1, 0.15) is 6.92 Å². The molecule has 0 radical (unpaired) electrons. The Morgan fingerprint density at radius 1 is 1.32 bits per heavy atom. The summed E-state index contributed by atoms with van der Waals surface area (Å²) in [7, 11) is 0. The van der Waals surface area contributed by atoms with Gasteiger partial charge in [0.05, 0.1) is 25.1 Å². The number of carbonyl (C=O) groups excluding carboxylic acids is 1. The summed E-state index contributed by atoms with van der Waals surface area (Å²) in [6, 6.07) is 9.35. The van der Waals surface area contributed by atoms with Crippen LogP contribution in [0.2, 0.25) is 0 Å². The summed E-state index contributed by atoms with van der Waals surface area (Å²) < 4.78 is 23.9. The van der Waals surface area contributed by atoms with E-state index in [-0.39, 0.29) is 5.91 Å². The second-order valence-electron chi connectivity index (χ2n) is 5.71. The van der Waals surface area contributed by atoms with Gasteiger partial charge in [-0.25, -0.2) is 9.37 Å². The van der Waals surface area contributed by atoms with Crippen LogP contribution in [-0.2, 0) is 9.53 Å². The number of anilines is 2. The molecule has 3 rings (SSSR count). The highest BCUT2D eigenvalue weighted by Gasteiger charge is 2.16. The van der Waals surface area contributed by atoms with Crippen LogP contribution in [0, 0.1) is 5.82 Å². The molecule has 1 aliphatic heterocycles. The summed E-state index contributed by atoms with van der Waals surface area (Å²) in [6.45, 7) is 4.59. The van der Waals surface area contributed by atoms with Crippen molar-refractivity contribution in [3.8, 4) is 5.75 Å². The van der Waals surface area contributed by atoms with E-state index in [1.165, 1.54) is 18.2 Å². The first-order valence-electron chi connectivity index (χ1n) is 8.13. The monoisotopic (exact) mass is 345 g/mol. The number of amides is 1. The smallest absolute Gasteiger partial charge is 0.265 e. The number of nitrogens with one attached hydrogen (secondary N) is 1. The minimum Gasteiger partial charge on any atom is -0.481 e. The molecule has 6 nitrogen and oxygen atoms in total. The first-order chi connectivity index (χ1) is 12.1. The predicted molar refractivity (Wildman–Crippen MR) is 92.4 cm³/mol. The zero-order chi connectivity index (χ0) is 17.6. The average molecular weight is 345 g/mol. The highest BCUT2D eigenvalue weighted by molar-refractivity contribution is 5.94. The van der Waals surface area contributed by atoms with Gasteiger partial charge in [-0.3, -0.25) is 4.79 Å². The number of halogens is 1. The van der Waals surface area contributed by atoms with E-state index in [0.29, 0.717) is 24.7 Å². The zero-order valence-corrected chi connectivity index (χ0v) is 13.9. The maximum Gasteiger partial charge on any atom is 0.265 e. The highest BCUT2D eigenvalue weighted by atomic mass is 19.1. The lowest BCUT2D eigenvalue weighted by Gasteiger charge is -2.27. The Labute approximate surface area is 145 Å². The fraction of sp³-hybridized carbons (Fsp3) is 0.333. The van der Waals surface area contributed by atoms with Gasteiger partial charge in [-0.1, -0.05) is 6.07 Å². The van der Waals surface area contributed by atoms with Crippen molar-refractivity contribution >= 4 is 17.4 Å². The standard InChI is InChI=1S/C18H20FN3O3/c1-13(25-16-4-2-3-14(19)11-16)18(23)21-15-5-6-17(20-12-15)22-7-9-24-10-8-22/h2-6,11-13H,7-10H2,1H3,(H,21,23)/t13-/m0/s1. The van der Waals surface area contributed by atoms with Crippen LogP contribution in [0.4, 0.5) is 15.9 Å². The molecule has 25 heavy (non-hydrogen) atoms. The fourth-order valence-corrected chi connectivity index (χ4v) is 2.48. The van der Waals surface area contributed by atoms with Crippen molar-refractivity contribution < 1.29 is 18.7 Å². The van der Waals surface area contributed by atoms with Crippen molar-refractivity contribution in [1.82, 2.24) is 4.98 Å². The number of rotatable bonds is 5. The van der Waals surface area contributed by atoms with Crippen LogP contribution in [0.5, 0.6) is 5.75 Å². The largest absolute Gasteiger partial charge is 0.481 e. The number of carbonyl (C=O) groups is 1. The molecule has 0 spiro atoms. The Hall–Kier alpha value is -2.67. The van der Waals surface area contributed by atoms with Gasteiger partial charge in [0.2, 0.25) is 0 Å². The van der Waals surface area contributed by atoms with E-state index in [4.69, 9.17) is 9.47 Å². The Kier molecular flexibility index (Phi) is 5.45. The Balaban J connectivity index is 1.56. The highest BCUT2D eigenvalue weighted by Crippen LogP contribution is 2.17. The van der Waals surface area contributed by atoms with Crippen LogP contribution >= 0.6 is 0 Å². The molecule has 7 heteroatoms.